The standard InChI is InChI=1S/C10H9F3N4/c11-10(12,13)6-17(8-1-2-8)9-15-4-3-7(5-14)16-9/h3-4,8H,1-2,6H2. The number of nitrogens with zero attached hydrogens (tertiary/aromatic N) is 4. The number of hydrogen-bond acceptors (Lipinski definition) is 4. The molecule has 0 N–H and O–H groups in total. The lowest BCUT2D eigenvalue weighted by atomic mass is 10.4. The van der Waals surface area contributed by atoms with Gasteiger partial charge in [0.2, 0.25) is 5.95 Å². The van der Waals surface area contributed by atoms with Crippen molar-refractivity contribution in [1.29, 1.82) is 5.26 Å². The highest BCUT2D eigenvalue weighted by atomic mass is 19.4. The zero-order chi connectivity index (χ0) is 12.5. The molecule has 0 amide bonds. The maximum Gasteiger partial charge on any atom is 0.406 e. The minimum absolute atomic E-state index is 0.0242. The van der Waals surface area contributed by atoms with Crippen molar-refractivity contribution in [1.82, 2.24) is 9.97 Å². The molecule has 0 aromatic carbocycles. The first kappa shape index (κ1) is 11.6. The molecule has 1 saturated carbocycles. The Hall–Kier alpha value is -1.84. The van der Waals surface area contributed by atoms with E-state index in [2.05, 4.69) is 9.97 Å². The van der Waals surface area contributed by atoms with Gasteiger partial charge in [0.15, 0.2) is 0 Å². The topological polar surface area (TPSA) is 52.8 Å². The highest BCUT2D eigenvalue weighted by molar-refractivity contribution is 5.37. The summed E-state index contributed by atoms with van der Waals surface area (Å²) in [7, 11) is 0. The molecule has 17 heavy (non-hydrogen) atoms. The monoisotopic (exact) mass is 242 g/mol. The van der Waals surface area contributed by atoms with Crippen LogP contribution < -0.4 is 4.90 Å². The number of hydrogen-bond donors (Lipinski definition) is 0. The fourth-order valence-corrected chi connectivity index (χ4v) is 1.49. The highest BCUT2D eigenvalue weighted by Gasteiger charge is 2.39. The summed E-state index contributed by atoms with van der Waals surface area (Å²) in [6.07, 6.45) is -1.59. The van der Waals surface area contributed by atoms with Gasteiger partial charge in [-0.25, -0.2) is 9.97 Å². The van der Waals surface area contributed by atoms with Crippen LogP contribution in [0, 0.1) is 11.3 Å². The fourth-order valence-electron chi connectivity index (χ4n) is 1.49. The number of nitriles is 1. The Morgan fingerprint density at radius 2 is 2.18 bits per heavy atom. The van der Waals surface area contributed by atoms with Crippen LogP contribution in [-0.2, 0) is 0 Å². The molecule has 0 aliphatic heterocycles. The van der Waals surface area contributed by atoms with Crippen molar-refractivity contribution in [3.63, 3.8) is 0 Å². The van der Waals surface area contributed by atoms with E-state index in [0.29, 0.717) is 12.8 Å². The van der Waals surface area contributed by atoms with Crippen LogP contribution in [0.5, 0.6) is 0 Å². The van der Waals surface area contributed by atoms with Crippen molar-refractivity contribution in [3.8, 4) is 6.07 Å². The van der Waals surface area contributed by atoms with Crippen LogP contribution in [0.4, 0.5) is 19.1 Å². The highest BCUT2D eigenvalue weighted by Crippen LogP contribution is 2.32. The van der Waals surface area contributed by atoms with E-state index in [1.54, 1.807) is 6.07 Å². The third-order valence-corrected chi connectivity index (χ3v) is 2.35. The zero-order valence-electron chi connectivity index (χ0n) is 8.78. The van der Waals surface area contributed by atoms with Crippen LogP contribution in [0.1, 0.15) is 18.5 Å². The van der Waals surface area contributed by atoms with Gasteiger partial charge in [0, 0.05) is 12.2 Å². The summed E-state index contributed by atoms with van der Waals surface area (Å²) in [6, 6.07) is 2.99. The second-order valence-corrected chi connectivity index (χ2v) is 3.83. The first-order chi connectivity index (χ1) is 7.99. The van der Waals surface area contributed by atoms with Crippen molar-refractivity contribution >= 4 is 5.95 Å². The van der Waals surface area contributed by atoms with Crippen molar-refractivity contribution in [3.05, 3.63) is 18.0 Å². The molecule has 0 atom stereocenters. The molecular formula is C10H9F3N4. The maximum absolute atomic E-state index is 12.4. The molecule has 0 spiro atoms. The van der Waals surface area contributed by atoms with Crippen LogP contribution in [0.2, 0.25) is 0 Å². The van der Waals surface area contributed by atoms with Gasteiger partial charge < -0.3 is 4.90 Å². The summed E-state index contributed by atoms with van der Waals surface area (Å²) in [4.78, 5) is 8.70. The zero-order valence-corrected chi connectivity index (χ0v) is 8.78. The van der Waals surface area contributed by atoms with Crippen molar-refractivity contribution in [2.45, 2.75) is 25.1 Å². The summed E-state index contributed by atoms with van der Waals surface area (Å²) in [5, 5.41) is 8.65. The van der Waals surface area contributed by atoms with E-state index < -0.39 is 12.7 Å². The SMILES string of the molecule is N#Cc1ccnc(N(CC(F)(F)F)C2CC2)n1. The molecule has 7 heteroatoms. The molecule has 4 nitrogen and oxygen atoms in total. The fraction of sp³-hybridized carbons (Fsp3) is 0.500. The summed E-state index contributed by atoms with van der Waals surface area (Å²) in [6.45, 7) is -1.08. The minimum Gasteiger partial charge on any atom is -0.329 e. The summed E-state index contributed by atoms with van der Waals surface area (Å²) < 4.78 is 37.2. The Bertz CT molecular complexity index is 448. The third-order valence-electron chi connectivity index (χ3n) is 2.35. The van der Waals surface area contributed by atoms with Gasteiger partial charge in [-0.15, -0.1) is 0 Å². The third kappa shape index (κ3) is 3.06. The van der Waals surface area contributed by atoms with E-state index >= 15 is 0 Å². The van der Waals surface area contributed by atoms with E-state index in [4.69, 9.17) is 5.26 Å². The van der Waals surface area contributed by atoms with Crippen molar-refractivity contribution < 1.29 is 13.2 Å². The summed E-state index contributed by atoms with van der Waals surface area (Å²) in [5.41, 5.74) is 0.0721. The Balaban J connectivity index is 2.23. The molecular weight excluding hydrogens is 233 g/mol. The Morgan fingerprint density at radius 3 is 2.71 bits per heavy atom. The first-order valence-corrected chi connectivity index (χ1v) is 5.06. The summed E-state index contributed by atoms with van der Waals surface area (Å²) in [5.74, 6) is -0.0242. The predicted molar refractivity (Wildman–Crippen MR) is 53.2 cm³/mol. The van der Waals surface area contributed by atoms with Gasteiger partial charge in [-0.05, 0) is 18.9 Å². The average molecular weight is 242 g/mol. The number of anilines is 1. The predicted octanol–water partition coefficient (Wildman–Crippen LogP) is 1.88. The van der Waals surface area contributed by atoms with Crippen LogP contribution >= 0.6 is 0 Å². The Morgan fingerprint density at radius 1 is 1.47 bits per heavy atom. The van der Waals surface area contributed by atoms with E-state index in [-0.39, 0.29) is 17.7 Å². The summed E-state index contributed by atoms with van der Waals surface area (Å²) >= 11 is 0. The number of halogens is 3. The van der Waals surface area contributed by atoms with Crippen LogP contribution in [0.15, 0.2) is 12.3 Å². The van der Waals surface area contributed by atoms with Crippen molar-refractivity contribution in [2.24, 2.45) is 0 Å². The van der Waals surface area contributed by atoms with Crippen LogP contribution in [0.25, 0.3) is 0 Å². The van der Waals surface area contributed by atoms with Crippen molar-refractivity contribution in [2.75, 3.05) is 11.4 Å². The van der Waals surface area contributed by atoms with Gasteiger partial charge in [0.1, 0.15) is 18.3 Å². The van der Waals surface area contributed by atoms with E-state index in [1.807, 2.05) is 0 Å². The lowest BCUT2D eigenvalue weighted by Crippen LogP contribution is -2.37. The van der Waals surface area contributed by atoms with Gasteiger partial charge in [-0.3, -0.25) is 0 Å². The van der Waals surface area contributed by atoms with Gasteiger partial charge in [0.25, 0.3) is 0 Å². The molecule has 0 bridgehead atoms. The maximum atomic E-state index is 12.4. The number of alkyl halides is 3. The molecule has 1 aromatic heterocycles. The second-order valence-electron chi connectivity index (χ2n) is 3.83. The average Bonchev–Trinajstić information content (AvgIpc) is 3.09. The molecule has 1 aliphatic carbocycles. The minimum atomic E-state index is -4.30. The van der Waals surface area contributed by atoms with E-state index in [1.165, 1.54) is 12.3 Å². The van der Waals surface area contributed by atoms with Gasteiger partial charge in [-0.2, -0.15) is 18.4 Å². The quantitative estimate of drug-likeness (QED) is 0.812. The van der Waals surface area contributed by atoms with Gasteiger partial charge in [-0.1, -0.05) is 0 Å². The van der Waals surface area contributed by atoms with Crippen LogP contribution in [0.3, 0.4) is 0 Å². The van der Waals surface area contributed by atoms with E-state index in [9.17, 15) is 13.2 Å². The molecule has 1 heterocycles. The molecule has 0 radical (unpaired) electrons. The number of aromatic nitrogens is 2. The van der Waals surface area contributed by atoms with E-state index in [0.717, 1.165) is 4.90 Å². The Kier molecular flexibility index (Phi) is 2.88. The first-order valence-electron chi connectivity index (χ1n) is 5.06. The molecule has 1 aromatic rings. The lowest BCUT2D eigenvalue weighted by molar-refractivity contribution is -0.120. The molecule has 1 fully saturated rings. The number of rotatable bonds is 3. The molecule has 2 rings (SSSR count). The van der Waals surface area contributed by atoms with Gasteiger partial charge >= 0.3 is 6.18 Å². The van der Waals surface area contributed by atoms with Crippen LogP contribution in [-0.4, -0.2) is 28.7 Å². The molecule has 0 unspecified atom stereocenters. The largest absolute Gasteiger partial charge is 0.406 e. The van der Waals surface area contributed by atoms with Gasteiger partial charge in [0.05, 0.1) is 0 Å². The second kappa shape index (κ2) is 4.20. The molecule has 1 aliphatic rings. The lowest BCUT2D eigenvalue weighted by Gasteiger charge is -2.23. The molecule has 90 valence electrons. The molecule has 0 saturated heterocycles. The Labute approximate surface area is 95.7 Å². The normalized spacial score (nSPS) is 15.4. The smallest absolute Gasteiger partial charge is 0.329 e.